The van der Waals surface area contributed by atoms with Gasteiger partial charge in [-0.25, -0.2) is 19.8 Å². The first kappa shape index (κ1) is 39.8. The lowest BCUT2D eigenvalue weighted by Crippen LogP contribution is -2.74. The molecular weight excluding hydrogens is 821 g/mol. The second kappa shape index (κ2) is 16.9. The molecule has 0 aliphatic carbocycles. The molecule has 308 valence electrons. The van der Waals surface area contributed by atoms with Crippen molar-refractivity contribution in [2.45, 2.75) is 0 Å². The van der Waals surface area contributed by atoms with Crippen LogP contribution in [0.2, 0.25) is 0 Å². The van der Waals surface area contributed by atoms with Gasteiger partial charge in [-0.3, -0.25) is 0 Å². The van der Waals surface area contributed by atoms with E-state index in [4.69, 9.17) is 21.5 Å². The van der Waals surface area contributed by atoms with E-state index in [1.54, 1.807) is 0 Å². The molecule has 0 unspecified atom stereocenters. The van der Waals surface area contributed by atoms with E-state index in [0.29, 0.717) is 28.7 Å². The summed E-state index contributed by atoms with van der Waals surface area (Å²) in [6.45, 7) is 7.98. The van der Waals surface area contributed by atoms with Crippen LogP contribution < -0.4 is 20.7 Å². The van der Waals surface area contributed by atoms with Gasteiger partial charge in [-0.2, -0.15) is 5.26 Å². The van der Waals surface area contributed by atoms with Gasteiger partial charge in [0, 0.05) is 33.0 Å². The molecule has 66 heavy (non-hydrogen) atoms. The van der Waals surface area contributed by atoms with Crippen LogP contribution in [0.4, 0.5) is 5.69 Å². The highest BCUT2D eigenvalue weighted by Crippen LogP contribution is 2.40. The van der Waals surface area contributed by atoms with Gasteiger partial charge < -0.3 is 4.57 Å². The molecule has 11 rings (SSSR count). The number of rotatable bonds is 9. The fourth-order valence-electron chi connectivity index (χ4n) is 9.42. The van der Waals surface area contributed by atoms with Crippen LogP contribution in [0.15, 0.2) is 231 Å². The second-order valence-electron chi connectivity index (χ2n) is 16.2. The molecule has 6 nitrogen and oxygen atoms in total. The number of nitrogens with zero attached hydrogens (tertiary/aromatic N) is 6. The largest absolute Gasteiger partial charge is 0.310 e. The molecule has 0 bridgehead atoms. The summed E-state index contributed by atoms with van der Waals surface area (Å²) >= 11 is 0. The highest BCUT2D eigenvalue weighted by atomic mass is 28.3. The number of aromatic nitrogens is 4. The predicted octanol–water partition coefficient (Wildman–Crippen LogP) is 11.4. The van der Waals surface area contributed by atoms with Crippen LogP contribution in [0.1, 0.15) is 5.56 Å². The van der Waals surface area contributed by atoms with Crippen LogP contribution in [0.5, 0.6) is 0 Å². The fourth-order valence-corrected chi connectivity index (χ4v) is 14.2. The van der Waals surface area contributed by atoms with Gasteiger partial charge in [-0.05, 0) is 62.2 Å². The van der Waals surface area contributed by atoms with Crippen molar-refractivity contribution < 1.29 is 0 Å². The molecular formula is C59H38N6Si. The van der Waals surface area contributed by atoms with E-state index in [2.05, 4.69) is 149 Å². The lowest BCUT2D eigenvalue weighted by molar-refractivity contribution is 1.06. The van der Waals surface area contributed by atoms with Crippen molar-refractivity contribution in [3.63, 3.8) is 0 Å². The molecule has 0 aliphatic heterocycles. The van der Waals surface area contributed by atoms with Gasteiger partial charge in [0.25, 0.3) is 0 Å². The van der Waals surface area contributed by atoms with E-state index < -0.39 is 8.07 Å². The molecule has 0 radical (unpaired) electrons. The van der Waals surface area contributed by atoms with E-state index in [9.17, 15) is 5.26 Å². The van der Waals surface area contributed by atoms with Crippen LogP contribution in [0, 0.1) is 17.9 Å². The average molecular weight is 859 g/mol. The SMILES string of the molecule is [C-]#[N+]c1ccc2c3ccc(C#N)cc3n(-c3ccc(-c4cccc([Si](c5ccccc5)(c5ccccc5)c5ccccc5)c4)cc3-c3nc(-c4ccccc4)nc(-c4ccccc4)n3)c2c1. The summed E-state index contributed by atoms with van der Waals surface area (Å²) in [5.74, 6) is 1.59. The predicted molar refractivity (Wildman–Crippen MR) is 271 cm³/mol. The Kier molecular flexibility index (Phi) is 10.2. The minimum Gasteiger partial charge on any atom is -0.310 e. The van der Waals surface area contributed by atoms with Crippen LogP contribution in [-0.4, -0.2) is 27.6 Å². The van der Waals surface area contributed by atoms with E-state index in [0.717, 1.165) is 55.3 Å². The zero-order chi connectivity index (χ0) is 44.5. The van der Waals surface area contributed by atoms with Crippen molar-refractivity contribution in [2.24, 2.45) is 0 Å². The van der Waals surface area contributed by atoms with E-state index in [1.165, 1.54) is 20.7 Å². The number of hydrogen-bond donors (Lipinski definition) is 0. The van der Waals surface area contributed by atoms with Crippen molar-refractivity contribution in [3.05, 3.63) is 248 Å². The Morgan fingerprint density at radius 2 is 0.894 bits per heavy atom. The van der Waals surface area contributed by atoms with Crippen LogP contribution >= 0.6 is 0 Å². The fraction of sp³-hybridized carbons (Fsp3) is 0. The summed E-state index contributed by atoms with van der Waals surface area (Å²) in [6.07, 6.45) is 0. The third-order valence-corrected chi connectivity index (χ3v) is 17.2. The first-order valence-electron chi connectivity index (χ1n) is 21.8. The Hall–Kier alpha value is -9.01. The first-order valence-corrected chi connectivity index (χ1v) is 23.8. The highest BCUT2D eigenvalue weighted by molar-refractivity contribution is 7.19. The van der Waals surface area contributed by atoms with E-state index in [-0.39, 0.29) is 0 Å². The monoisotopic (exact) mass is 858 g/mol. The standard InChI is InChI=1S/C59H38N6Si/c1-61-46-32-34-52-51-33-30-41(40-60)36-55(51)65(56(52)39-46)54-35-31-45(38-53(54)59-63-57(42-18-7-2-8-19-42)62-58(64-59)43-20-9-3-10-21-43)44-22-17-29-50(37-44)66(47-23-11-4-12-24-47,48-25-13-5-14-26-48)49-27-15-6-16-28-49/h2-39H. The van der Waals surface area contributed by atoms with Crippen LogP contribution in [-0.2, 0) is 0 Å². The summed E-state index contributed by atoms with van der Waals surface area (Å²) in [7, 11) is -2.85. The Labute approximate surface area is 383 Å². The molecule has 0 amide bonds. The van der Waals surface area contributed by atoms with Gasteiger partial charge in [-0.1, -0.05) is 200 Å². The summed E-state index contributed by atoms with van der Waals surface area (Å²) in [4.78, 5) is 19.4. The number of nitriles is 1. The summed E-state index contributed by atoms with van der Waals surface area (Å²) < 4.78 is 2.15. The smallest absolute Gasteiger partial charge is 0.189 e. The van der Waals surface area contributed by atoms with Crippen molar-refractivity contribution in [1.82, 2.24) is 19.5 Å². The van der Waals surface area contributed by atoms with Crippen molar-refractivity contribution in [2.75, 3.05) is 0 Å². The Balaban J connectivity index is 1.21. The topological polar surface area (TPSA) is 71.8 Å². The molecule has 0 saturated heterocycles. The lowest BCUT2D eigenvalue weighted by atomic mass is 10.0. The Morgan fingerprint density at radius 1 is 0.424 bits per heavy atom. The van der Waals surface area contributed by atoms with Gasteiger partial charge in [0.2, 0.25) is 0 Å². The molecule has 11 aromatic rings. The minimum atomic E-state index is -2.85. The summed E-state index contributed by atoms with van der Waals surface area (Å²) in [6, 6.07) is 82.2. The summed E-state index contributed by atoms with van der Waals surface area (Å²) in [5.41, 5.74) is 8.06. The normalized spacial score (nSPS) is 11.3. The van der Waals surface area contributed by atoms with E-state index in [1.807, 2.05) is 97.1 Å². The lowest BCUT2D eigenvalue weighted by Gasteiger charge is -2.34. The van der Waals surface area contributed by atoms with Gasteiger partial charge >= 0.3 is 0 Å². The molecule has 9 aromatic carbocycles. The number of fused-ring (bicyclic) bond motifs is 3. The van der Waals surface area contributed by atoms with Crippen LogP contribution in [0.25, 0.3) is 77.6 Å². The molecule has 7 heteroatoms. The maximum atomic E-state index is 10.2. The molecule has 0 atom stereocenters. The van der Waals surface area contributed by atoms with Crippen LogP contribution in [0.3, 0.4) is 0 Å². The molecule has 0 saturated carbocycles. The minimum absolute atomic E-state index is 0.491. The molecule has 2 heterocycles. The molecule has 0 aliphatic rings. The molecule has 0 N–H and O–H groups in total. The zero-order valence-electron chi connectivity index (χ0n) is 35.6. The molecule has 2 aromatic heterocycles. The Bertz CT molecular complexity index is 3430. The number of hydrogen-bond acceptors (Lipinski definition) is 4. The van der Waals surface area contributed by atoms with Gasteiger partial charge in [-0.15, -0.1) is 0 Å². The van der Waals surface area contributed by atoms with Gasteiger partial charge in [0.15, 0.2) is 31.2 Å². The third kappa shape index (κ3) is 6.94. The quantitative estimate of drug-likeness (QED) is 0.0823. The molecule has 0 spiro atoms. The zero-order valence-corrected chi connectivity index (χ0v) is 36.6. The van der Waals surface area contributed by atoms with Crippen molar-refractivity contribution in [3.8, 4) is 57.0 Å². The second-order valence-corrected chi connectivity index (χ2v) is 20.0. The maximum absolute atomic E-state index is 10.2. The highest BCUT2D eigenvalue weighted by Gasteiger charge is 2.41. The van der Waals surface area contributed by atoms with Gasteiger partial charge in [0.1, 0.15) is 0 Å². The summed E-state index contributed by atoms with van der Waals surface area (Å²) in [5, 5.41) is 17.2. The number of benzene rings is 9. The van der Waals surface area contributed by atoms with Gasteiger partial charge in [0.05, 0.1) is 29.4 Å². The average Bonchev–Trinajstić information content (AvgIpc) is 3.72. The Morgan fingerprint density at radius 3 is 1.44 bits per heavy atom. The first-order chi connectivity index (χ1) is 32.6. The third-order valence-electron chi connectivity index (χ3n) is 12.4. The maximum Gasteiger partial charge on any atom is 0.189 e. The van der Waals surface area contributed by atoms with E-state index >= 15 is 0 Å². The van der Waals surface area contributed by atoms with Crippen molar-refractivity contribution in [1.29, 1.82) is 5.26 Å². The van der Waals surface area contributed by atoms with Crippen molar-refractivity contribution >= 4 is 56.3 Å². The molecule has 0 fully saturated rings.